The van der Waals surface area contributed by atoms with Crippen LogP contribution in [0.2, 0.25) is 0 Å². The van der Waals surface area contributed by atoms with E-state index in [0.29, 0.717) is 34.7 Å². The van der Waals surface area contributed by atoms with Gasteiger partial charge in [-0.05, 0) is 52.7 Å². The van der Waals surface area contributed by atoms with E-state index in [1.165, 1.54) is 0 Å². The van der Waals surface area contributed by atoms with Gasteiger partial charge in [-0.3, -0.25) is 4.79 Å². The number of halogens is 1. The Labute approximate surface area is 138 Å². The number of methoxy groups -OCH3 is 1. The Kier molecular flexibility index (Phi) is 5.83. The van der Waals surface area contributed by atoms with E-state index in [1.54, 1.807) is 19.2 Å². The molecular formula is C17H17BrO4. The first kappa shape index (κ1) is 16.4. The third-order valence-electron chi connectivity index (χ3n) is 2.99. The molecular weight excluding hydrogens is 348 g/mol. The molecule has 0 spiro atoms. The van der Waals surface area contributed by atoms with Gasteiger partial charge in [0.05, 0.1) is 18.2 Å². The van der Waals surface area contributed by atoms with Crippen LogP contribution < -0.4 is 14.2 Å². The van der Waals surface area contributed by atoms with E-state index < -0.39 is 0 Å². The van der Waals surface area contributed by atoms with Crippen LogP contribution in [-0.2, 0) is 6.61 Å². The lowest BCUT2D eigenvalue weighted by atomic mass is 10.2. The Morgan fingerprint density at radius 1 is 1.18 bits per heavy atom. The van der Waals surface area contributed by atoms with Gasteiger partial charge in [0, 0.05) is 5.56 Å². The molecule has 0 atom stereocenters. The van der Waals surface area contributed by atoms with Crippen molar-refractivity contribution in [3.63, 3.8) is 0 Å². The standard InChI is InChI=1S/C17H17BrO4/c1-3-21-16-9-13(10-19)8-15(18)17(16)22-11-12-5-4-6-14(7-12)20-2/h4-10H,3,11H2,1-2H3. The normalized spacial score (nSPS) is 10.1. The Balaban J connectivity index is 2.22. The number of benzene rings is 2. The number of hydrogen-bond donors (Lipinski definition) is 0. The van der Waals surface area contributed by atoms with E-state index in [9.17, 15) is 4.79 Å². The minimum Gasteiger partial charge on any atom is -0.497 e. The number of aldehydes is 1. The van der Waals surface area contributed by atoms with Crippen LogP contribution in [0.15, 0.2) is 40.9 Å². The van der Waals surface area contributed by atoms with Gasteiger partial charge in [0.25, 0.3) is 0 Å². The van der Waals surface area contributed by atoms with Gasteiger partial charge in [-0.15, -0.1) is 0 Å². The quantitative estimate of drug-likeness (QED) is 0.689. The molecule has 116 valence electrons. The zero-order chi connectivity index (χ0) is 15.9. The van der Waals surface area contributed by atoms with Gasteiger partial charge in [-0.25, -0.2) is 0 Å². The average molecular weight is 365 g/mol. The summed E-state index contributed by atoms with van der Waals surface area (Å²) in [6.07, 6.45) is 0.777. The molecule has 0 aromatic heterocycles. The van der Waals surface area contributed by atoms with Gasteiger partial charge < -0.3 is 14.2 Å². The van der Waals surface area contributed by atoms with Crippen molar-refractivity contribution in [3.05, 3.63) is 52.0 Å². The van der Waals surface area contributed by atoms with Gasteiger partial charge in [0.1, 0.15) is 18.6 Å². The molecule has 2 rings (SSSR count). The summed E-state index contributed by atoms with van der Waals surface area (Å²) in [6.45, 7) is 2.74. The van der Waals surface area contributed by atoms with Crippen LogP contribution in [-0.4, -0.2) is 20.0 Å². The van der Waals surface area contributed by atoms with Crippen LogP contribution >= 0.6 is 15.9 Å². The third kappa shape index (κ3) is 4.01. The summed E-state index contributed by atoms with van der Waals surface area (Å²) in [5.74, 6) is 1.90. The predicted octanol–water partition coefficient (Wildman–Crippen LogP) is 4.25. The molecule has 0 saturated carbocycles. The summed E-state index contributed by atoms with van der Waals surface area (Å²) in [5.41, 5.74) is 1.51. The first-order valence-electron chi connectivity index (χ1n) is 6.85. The third-order valence-corrected chi connectivity index (χ3v) is 3.57. The van der Waals surface area contributed by atoms with Crippen molar-refractivity contribution in [1.29, 1.82) is 0 Å². The summed E-state index contributed by atoms with van der Waals surface area (Å²) in [5, 5.41) is 0. The molecule has 0 fully saturated rings. The van der Waals surface area contributed by atoms with Gasteiger partial charge in [0.15, 0.2) is 11.5 Å². The molecule has 0 aliphatic carbocycles. The molecule has 0 saturated heterocycles. The zero-order valence-electron chi connectivity index (χ0n) is 12.5. The molecule has 0 N–H and O–H groups in total. The second kappa shape index (κ2) is 7.84. The summed E-state index contributed by atoms with van der Waals surface area (Å²) in [7, 11) is 1.63. The van der Waals surface area contributed by atoms with Crippen molar-refractivity contribution in [2.24, 2.45) is 0 Å². The Morgan fingerprint density at radius 2 is 2.00 bits per heavy atom. The van der Waals surface area contributed by atoms with E-state index in [1.807, 2.05) is 31.2 Å². The first-order valence-corrected chi connectivity index (χ1v) is 7.64. The fourth-order valence-corrected chi connectivity index (χ4v) is 2.55. The Bertz CT molecular complexity index is 655. The summed E-state index contributed by atoms with van der Waals surface area (Å²) >= 11 is 3.42. The maximum absolute atomic E-state index is 10.9. The van der Waals surface area contributed by atoms with Crippen LogP contribution in [0.3, 0.4) is 0 Å². The molecule has 5 heteroatoms. The number of carbonyl (C=O) groups is 1. The van der Waals surface area contributed by atoms with Crippen LogP contribution in [0.25, 0.3) is 0 Å². The fraction of sp³-hybridized carbons (Fsp3) is 0.235. The molecule has 0 radical (unpaired) electrons. The lowest BCUT2D eigenvalue weighted by Gasteiger charge is -2.14. The Hall–Kier alpha value is -2.01. The smallest absolute Gasteiger partial charge is 0.175 e. The predicted molar refractivity (Wildman–Crippen MR) is 88.0 cm³/mol. The van der Waals surface area contributed by atoms with E-state index >= 15 is 0 Å². The monoisotopic (exact) mass is 364 g/mol. The fourth-order valence-electron chi connectivity index (χ4n) is 1.98. The van der Waals surface area contributed by atoms with Crippen molar-refractivity contribution >= 4 is 22.2 Å². The minimum absolute atomic E-state index is 0.371. The molecule has 0 unspecified atom stereocenters. The maximum atomic E-state index is 10.9. The van der Waals surface area contributed by atoms with Crippen molar-refractivity contribution < 1.29 is 19.0 Å². The molecule has 0 bridgehead atoms. The van der Waals surface area contributed by atoms with Gasteiger partial charge in [-0.2, -0.15) is 0 Å². The molecule has 4 nitrogen and oxygen atoms in total. The largest absolute Gasteiger partial charge is 0.497 e. The molecule has 0 heterocycles. The number of carbonyl (C=O) groups excluding carboxylic acids is 1. The average Bonchev–Trinajstić information content (AvgIpc) is 2.54. The molecule has 22 heavy (non-hydrogen) atoms. The second-order valence-electron chi connectivity index (χ2n) is 4.52. The molecule has 0 amide bonds. The topological polar surface area (TPSA) is 44.8 Å². The summed E-state index contributed by atoms with van der Waals surface area (Å²) < 4.78 is 17.3. The summed E-state index contributed by atoms with van der Waals surface area (Å²) in [6, 6.07) is 11.0. The number of rotatable bonds is 7. The van der Waals surface area contributed by atoms with Crippen molar-refractivity contribution in [2.75, 3.05) is 13.7 Å². The lowest BCUT2D eigenvalue weighted by Crippen LogP contribution is -2.01. The molecule has 0 aliphatic rings. The maximum Gasteiger partial charge on any atom is 0.175 e. The lowest BCUT2D eigenvalue weighted by molar-refractivity contribution is 0.112. The highest BCUT2D eigenvalue weighted by Crippen LogP contribution is 2.37. The first-order chi connectivity index (χ1) is 10.7. The van der Waals surface area contributed by atoms with E-state index in [4.69, 9.17) is 14.2 Å². The van der Waals surface area contributed by atoms with Gasteiger partial charge in [0.2, 0.25) is 0 Å². The van der Waals surface area contributed by atoms with Crippen molar-refractivity contribution in [2.45, 2.75) is 13.5 Å². The zero-order valence-corrected chi connectivity index (χ0v) is 14.1. The van der Waals surface area contributed by atoms with Crippen molar-refractivity contribution in [1.82, 2.24) is 0 Å². The van der Waals surface area contributed by atoms with Crippen LogP contribution in [0.4, 0.5) is 0 Å². The molecule has 0 aliphatic heterocycles. The SMILES string of the molecule is CCOc1cc(C=O)cc(Br)c1OCc1cccc(OC)c1. The number of hydrogen-bond acceptors (Lipinski definition) is 4. The second-order valence-corrected chi connectivity index (χ2v) is 5.38. The van der Waals surface area contributed by atoms with E-state index in [0.717, 1.165) is 17.6 Å². The van der Waals surface area contributed by atoms with Gasteiger partial charge in [-0.1, -0.05) is 12.1 Å². The number of ether oxygens (including phenoxy) is 3. The van der Waals surface area contributed by atoms with Gasteiger partial charge >= 0.3 is 0 Å². The Morgan fingerprint density at radius 3 is 2.68 bits per heavy atom. The van der Waals surface area contributed by atoms with Crippen LogP contribution in [0.1, 0.15) is 22.8 Å². The van der Waals surface area contributed by atoms with Crippen LogP contribution in [0, 0.1) is 0 Å². The van der Waals surface area contributed by atoms with Crippen molar-refractivity contribution in [3.8, 4) is 17.2 Å². The molecule has 2 aromatic rings. The molecule has 2 aromatic carbocycles. The minimum atomic E-state index is 0.371. The highest BCUT2D eigenvalue weighted by molar-refractivity contribution is 9.10. The van der Waals surface area contributed by atoms with Crippen LogP contribution in [0.5, 0.6) is 17.2 Å². The summed E-state index contributed by atoms with van der Waals surface area (Å²) in [4.78, 5) is 10.9. The van der Waals surface area contributed by atoms with E-state index in [-0.39, 0.29) is 0 Å². The van der Waals surface area contributed by atoms with E-state index in [2.05, 4.69) is 15.9 Å². The highest BCUT2D eigenvalue weighted by Gasteiger charge is 2.12. The highest BCUT2D eigenvalue weighted by atomic mass is 79.9.